The van der Waals surface area contributed by atoms with Gasteiger partial charge in [0.25, 0.3) is 0 Å². The number of carbonyl (C=O) groups is 2. The van der Waals surface area contributed by atoms with Crippen molar-refractivity contribution in [3.8, 4) is 11.5 Å². The van der Waals surface area contributed by atoms with Crippen LogP contribution in [0.25, 0.3) is 0 Å². The number of anilines is 2. The van der Waals surface area contributed by atoms with Crippen molar-refractivity contribution in [1.82, 2.24) is 0 Å². The van der Waals surface area contributed by atoms with Crippen LogP contribution in [0.5, 0.6) is 11.5 Å². The Hall–Kier alpha value is -3.42. The van der Waals surface area contributed by atoms with E-state index in [9.17, 15) is 9.59 Å². The van der Waals surface area contributed by atoms with Crippen LogP contribution in [-0.2, 0) is 9.47 Å². The van der Waals surface area contributed by atoms with Crippen LogP contribution in [0.2, 0.25) is 0 Å². The van der Waals surface area contributed by atoms with Gasteiger partial charge in [-0.2, -0.15) is 0 Å². The van der Waals surface area contributed by atoms with Gasteiger partial charge in [0.15, 0.2) is 0 Å². The zero-order valence-corrected chi connectivity index (χ0v) is 19.4. The highest BCUT2D eigenvalue weighted by Gasteiger charge is 2.06. The number of hydrogen-bond acceptors (Lipinski definition) is 6. The lowest BCUT2D eigenvalue weighted by Crippen LogP contribution is -2.17. The van der Waals surface area contributed by atoms with Crippen LogP contribution >= 0.6 is 0 Å². The maximum atomic E-state index is 11.9. The Morgan fingerprint density at radius 2 is 1.00 bits per heavy atom. The second-order valence-corrected chi connectivity index (χ2v) is 7.33. The molecule has 8 nitrogen and oxygen atoms in total. The lowest BCUT2D eigenvalue weighted by molar-refractivity contribution is 0.133. The second kappa shape index (κ2) is 15.4. The maximum Gasteiger partial charge on any atom is 0.411 e. The number of amides is 2. The molecule has 0 aliphatic carbocycles. The van der Waals surface area contributed by atoms with Gasteiger partial charge in [0, 0.05) is 17.8 Å². The van der Waals surface area contributed by atoms with E-state index in [0.29, 0.717) is 31.0 Å². The molecule has 2 aromatic rings. The van der Waals surface area contributed by atoms with E-state index in [1.807, 2.05) is 0 Å². The summed E-state index contributed by atoms with van der Waals surface area (Å²) in [6, 6.07) is 14.2. The second-order valence-electron chi connectivity index (χ2n) is 7.33. The molecule has 0 aliphatic heterocycles. The standard InChI is InChI=1S/C25H34N2O6/c1-3-5-16-30-22-12-8-20(9-13-22)26-24(28)32-18-7-19-33-25(29)27-21-10-14-23(15-11-21)31-17-6-4-2/h8-15H,3-7,16-19H2,1-2H3,(H,26,28)(H,27,29). The average Bonchev–Trinajstić information content (AvgIpc) is 2.81. The van der Waals surface area contributed by atoms with Gasteiger partial charge in [-0.3, -0.25) is 10.6 Å². The van der Waals surface area contributed by atoms with E-state index in [0.717, 1.165) is 37.2 Å². The summed E-state index contributed by atoms with van der Waals surface area (Å²) in [5.41, 5.74) is 1.22. The molecule has 0 spiro atoms. The van der Waals surface area contributed by atoms with Gasteiger partial charge in [-0.25, -0.2) is 9.59 Å². The summed E-state index contributed by atoms with van der Waals surface area (Å²) in [6.07, 6.45) is 3.39. The van der Waals surface area contributed by atoms with Crippen molar-refractivity contribution in [3.05, 3.63) is 48.5 Å². The molecular formula is C25H34N2O6. The van der Waals surface area contributed by atoms with Crippen LogP contribution in [0, 0.1) is 0 Å². The first-order chi connectivity index (χ1) is 16.1. The summed E-state index contributed by atoms with van der Waals surface area (Å²) in [4.78, 5) is 23.7. The van der Waals surface area contributed by atoms with Gasteiger partial charge in [-0.1, -0.05) is 26.7 Å². The molecule has 0 atom stereocenters. The summed E-state index contributed by atoms with van der Waals surface area (Å²) in [6.45, 7) is 5.81. The first-order valence-electron chi connectivity index (χ1n) is 11.4. The van der Waals surface area contributed by atoms with Gasteiger partial charge in [-0.05, 0) is 61.4 Å². The Labute approximate surface area is 195 Å². The molecule has 0 heterocycles. The van der Waals surface area contributed by atoms with Crippen molar-refractivity contribution >= 4 is 23.6 Å². The molecule has 8 heteroatoms. The topological polar surface area (TPSA) is 95.1 Å². The summed E-state index contributed by atoms with van der Waals surface area (Å²) in [5.74, 6) is 1.52. The van der Waals surface area contributed by atoms with Crippen LogP contribution in [0.15, 0.2) is 48.5 Å². The molecule has 2 rings (SSSR count). The number of rotatable bonds is 14. The molecule has 180 valence electrons. The average molecular weight is 459 g/mol. The zero-order chi connectivity index (χ0) is 23.7. The Kier molecular flexibility index (Phi) is 12.1. The number of benzene rings is 2. The van der Waals surface area contributed by atoms with Gasteiger partial charge < -0.3 is 18.9 Å². The maximum absolute atomic E-state index is 11.9. The van der Waals surface area contributed by atoms with Crippen molar-refractivity contribution in [2.24, 2.45) is 0 Å². The van der Waals surface area contributed by atoms with E-state index in [2.05, 4.69) is 24.5 Å². The van der Waals surface area contributed by atoms with Crippen LogP contribution in [0.1, 0.15) is 46.0 Å². The molecule has 0 saturated carbocycles. The van der Waals surface area contributed by atoms with Gasteiger partial charge in [0.05, 0.1) is 26.4 Å². The molecule has 0 radical (unpaired) electrons. The molecule has 33 heavy (non-hydrogen) atoms. The molecule has 0 bridgehead atoms. The van der Waals surface area contributed by atoms with Crippen molar-refractivity contribution in [2.75, 3.05) is 37.1 Å². The minimum atomic E-state index is -0.569. The number of unbranched alkanes of at least 4 members (excludes halogenated alkanes) is 2. The number of ether oxygens (including phenoxy) is 4. The summed E-state index contributed by atoms with van der Waals surface area (Å²) in [5, 5.41) is 5.28. The summed E-state index contributed by atoms with van der Waals surface area (Å²) in [7, 11) is 0. The fourth-order valence-electron chi connectivity index (χ4n) is 2.63. The molecule has 2 aromatic carbocycles. The predicted molar refractivity (Wildman–Crippen MR) is 128 cm³/mol. The first kappa shape index (κ1) is 25.8. The van der Waals surface area contributed by atoms with Crippen molar-refractivity contribution in [3.63, 3.8) is 0 Å². The van der Waals surface area contributed by atoms with E-state index in [1.54, 1.807) is 48.5 Å². The largest absolute Gasteiger partial charge is 0.494 e. The van der Waals surface area contributed by atoms with Crippen molar-refractivity contribution in [2.45, 2.75) is 46.0 Å². The number of nitrogens with one attached hydrogen (secondary N) is 2. The number of hydrogen-bond donors (Lipinski definition) is 2. The summed E-state index contributed by atoms with van der Waals surface area (Å²) < 4.78 is 21.4. The highest BCUT2D eigenvalue weighted by atomic mass is 16.6. The van der Waals surface area contributed by atoms with E-state index >= 15 is 0 Å². The van der Waals surface area contributed by atoms with E-state index in [4.69, 9.17) is 18.9 Å². The molecule has 2 amide bonds. The molecule has 0 fully saturated rings. The Morgan fingerprint density at radius 1 is 0.606 bits per heavy atom. The van der Waals surface area contributed by atoms with Crippen LogP contribution < -0.4 is 20.1 Å². The molecule has 0 unspecified atom stereocenters. The highest BCUT2D eigenvalue weighted by Crippen LogP contribution is 2.17. The zero-order valence-electron chi connectivity index (χ0n) is 19.4. The van der Waals surface area contributed by atoms with Crippen molar-refractivity contribution in [1.29, 1.82) is 0 Å². The van der Waals surface area contributed by atoms with Crippen LogP contribution in [0.3, 0.4) is 0 Å². The lowest BCUT2D eigenvalue weighted by atomic mass is 10.3. The van der Waals surface area contributed by atoms with Gasteiger partial charge in [-0.15, -0.1) is 0 Å². The molecule has 2 N–H and O–H groups in total. The Balaban J connectivity index is 1.56. The number of carbonyl (C=O) groups excluding carboxylic acids is 2. The van der Waals surface area contributed by atoms with E-state index < -0.39 is 12.2 Å². The van der Waals surface area contributed by atoms with E-state index in [-0.39, 0.29) is 13.2 Å². The van der Waals surface area contributed by atoms with E-state index in [1.165, 1.54) is 0 Å². The van der Waals surface area contributed by atoms with Gasteiger partial charge in [0.2, 0.25) is 0 Å². The predicted octanol–water partition coefficient (Wildman–Crippen LogP) is 6.23. The third kappa shape index (κ3) is 11.1. The molecule has 0 aromatic heterocycles. The fourth-order valence-corrected chi connectivity index (χ4v) is 2.63. The Morgan fingerprint density at radius 3 is 1.36 bits per heavy atom. The normalized spacial score (nSPS) is 10.2. The van der Waals surface area contributed by atoms with Gasteiger partial charge >= 0.3 is 12.2 Å². The van der Waals surface area contributed by atoms with Crippen LogP contribution in [-0.4, -0.2) is 38.6 Å². The fraction of sp³-hybridized carbons (Fsp3) is 0.440. The van der Waals surface area contributed by atoms with Gasteiger partial charge in [0.1, 0.15) is 11.5 Å². The molecule has 0 aliphatic rings. The summed E-state index contributed by atoms with van der Waals surface area (Å²) >= 11 is 0. The molecular weight excluding hydrogens is 424 g/mol. The minimum Gasteiger partial charge on any atom is -0.494 e. The SMILES string of the molecule is CCCCOc1ccc(NC(=O)OCCCOC(=O)Nc2ccc(OCCCC)cc2)cc1. The third-order valence-electron chi connectivity index (χ3n) is 4.49. The lowest BCUT2D eigenvalue weighted by Gasteiger charge is -2.10. The minimum absolute atomic E-state index is 0.126. The Bertz CT molecular complexity index is 754. The smallest absolute Gasteiger partial charge is 0.411 e. The monoisotopic (exact) mass is 458 g/mol. The molecule has 0 saturated heterocycles. The van der Waals surface area contributed by atoms with Crippen molar-refractivity contribution < 1.29 is 28.5 Å². The first-order valence-corrected chi connectivity index (χ1v) is 11.4. The van der Waals surface area contributed by atoms with Crippen LogP contribution in [0.4, 0.5) is 21.0 Å². The highest BCUT2D eigenvalue weighted by molar-refractivity contribution is 5.85. The quantitative estimate of drug-likeness (QED) is 0.326. The third-order valence-corrected chi connectivity index (χ3v) is 4.49.